The largest absolute Gasteiger partial charge is 0.480 e. The second-order valence-corrected chi connectivity index (χ2v) is 12.8. The molecule has 2 heterocycles. The second kappa shape index (κ2) is 21.6. The molecule has 0 saturated carbocycles. The van der Waals surface area contributed by atoms with Crippen LogP contribution < -0.4 is 43.8 Å². The third kappa shape index (κ3) is 13.9. The highest BCUT2D eigenvalue weighted by Gasteiger charge is 2.38. The zero-order valence-electron chi connectivity index (χ0n) is 29.6. The molecule has 13 N–H and O–H groups in total. The van der Waals surface area contributed by atoms with Crippen molar-refractivity contribution in [2.75, 3.05) is 19.6 Å². The Morgan fingerprint density at radius 3 is 1.98 bits per heavy atom. The second-order valence-electron chi connectivity index (χ2n) is 12.8. The number of carbonyl (C=O) groups excluding carboxylic acids is 6. The van der Waals surface area contributed by atoms with Gasteiger partial charge in [-0.1, -0.05) is 0 Å². The van der Waals surface area contributed by atoms with Gasteiger partial charge >= 0.3 is 5.97 Å². The van der Waals surface area contributed by atoms with E-state index in [1.165, 1.54) is 32.0 Å². The highest BCUT2D eigenvalue weighted by atomic mass is 16.4. The Bertz CT molecular complexity index is 1330. The predicted octanol–water partition coefficient (Wildman–Crippen LogP) is -2.90. The number of H-pyrrole nitrogens is 1. The van der Waals surface area contributed by atoms with Crippen molar-refractivity contribution in [1.82, 2.24) is 41.5 Å². The number of unbranched alkanes of at least 4 members (excludes halogenated alkanes) is 2. The number of imidazole rings is 1. The molecule has 19 heteroatoms. The Hall–Kier alpha value is -4.62. The fourth-order valence-electron chi connectivity index (χ4n) is 5.51. The van der Waals surface area contributed by atoms with Gasteiger partial charge in [-0.15, -0.1) is 0 Å². The molecule has 0 unspecified atom stereocenters. The Kier molecular flexibility index (Phi) is 18.0. The van der Waals surface area contributed by atoms with Crippen molar-refractivity contribution in [2.24, 2.45) is 17.2 Å². The van der Waals surface area contributed by atoms with E-state index in [9.17, 15) is 38.7 Å². The molecule has 1 aromatic heterocycles. The number of amides is 6. The molecule has 2 rings (SSSR count). The topological polar surface area (TPSA) is 310 Å². The van der Waals surface area contributed by atoms with Gasteiger partial charge in [-0.05, 0) is 85.2 Å². The molecule has 1 aliphatic heterocycles. The molecule has 1 aliphatic rings. The van der Waals surface area contributed by atoms with Gasteiger partial charge in [0.1, 0.15) is 36.3 Å². The number of likely N-dealkylation sites (tertiary alicyclic amines) is 1. The van der Waals surface area contributed by atoms with Crippen LogP contribution >= 0.6 is 0 Å². The van der Waals surface area contributed by atoms with Crippen LogP contribution in [0, 0.1) is 0 Å². The number of nitrogens with one attached hydrogen (secondary N) is 6. The van der Waals surface area contributed by atoms with Crippen LogP contribution in [0.1, 0.15) is 77.8 Å². The van der Waals surface area contributed by atoms with Crippen molar-refractivity contribution in [3.8, 4) is 0 Å². The Morgan fingerprint density at radius 1 is 0.824 bits per heavy atom. The number of nitrogens with zero attached hydrogens (tertiary/aromatic N) is 2. The number of carboxylic acids is 1. The third-order valence-electron chi connectivity index (χ3n) is 8.48. The number of carbonyl (C=O) groups is 7. The van der Waals surface area contributed by atoms with Crippen molar-refractivity contribution in [2.45, 2.75) is 121 Å². The zero-order valence-corrected chi connectivity index (χ0v) is 29.6. The number of aromatic amines is 1. The maximum Gasteiger partial charge on any atom is 0.326 e. The SMILES string of the molecule is C[C@H](N)C(=O)N[C@@H](Cc1c[nH]cn1)C(=O)N[C@@H](CCCCN)C(=O)N[C@@H](C)C(=O)N1CCC[C@H]1C(=O)N[C@@H](C)C(=O)N[C@@H](CCCCN)C(=O)O. The first-order valence-electron chi connectivity index (χ1n) is 17.4. The highest BCUT2D eigenvalue weighted by molar-refractivity contribution is 5.97. The lowest BCUT2D eigenvalue weighted by Gasteiger charge is -2.29. The molecule has 286 valence electrons. The Morgan fingerprint density at radius 2 is 1.41 bits per heavy atom. The van der Waals surface area contributed by atoms with Crippen LogP contribution in [0.25, 0.3) is 0 Å². The smallest absolute Gasteiger partial charge is 0.326 e. The first kappa shape index (κ1) is 42.5. The minimum atomic E-state index is -1.20. The van der Waals surface area contributed by atoms with Gasteiger partial charge in [-0.2, -0.15) is 0 Å². The fraction of sp³-hybridized carbons (Fsp3) is 0.688. The van der Waals surface area contributed by atoms with Crippen molar-refractivity contribution in [3.05, 3.63) is 18.2 Å². The maximum absolute atomic E-state index is 13.5. The lowest BCUT2D eigenvalue weighted by Crippen LogP contribution is -2.59. The first-order chi connectivity index (χ1) is 24.2. The van der Waals surface area contributed by atoms with Gasteiger partial charge in [0.05, 0.1) is 18.1 Å². The molecule has 6 amide bonds. The van der Waals surface area contributed by atoms with E-state index in [-0.39, 0.29) is 25.8 Å². The van der Waals surface area contributed by atoms with Crippen molar-refractivity contribution >= 4 is 41.4 Å². The van der Waals surface area contributed by atoms with Crippen LogP contribution in [0.5, 0.6) is 0 Å². The molecule has 1 fully saturated rings. The van der Waals surface area contributed by atoms with E-state index in [4.69, 9.17) is 17.2 Å². The van der Waals surface area contributed by atoms with Crippen LogP contribution in [0.15, 0.2) is 12.5 Å². The first-order valence-corrected chi connectivity index (χ1v) is 17.4. The van der Waals surface area contributed by atoms with Crippen LogP contribution in [0.3, 0.4) is 0 Å². The molecule has 0 aromatic carbocycles. The number of aliphatic carboxylic acids is 1. The number of hydrogen-bond acceptors (Lipinski definition) is 11. The Balaban J connectivity index is 2.08. The molecule has 0 aliphatic carbocycles. The van der Waals surface area contributed by atoms with Crippen molar-refractivity contribution in [3.63, 3.8) is 0 Å². The molecular weight excluding hydrogens is 666 g/mol. The minimum Gasteiger partial charge on any atom is -0.480 e. The number of nitrogens with two attached hydrogens (primary N) is 3. The van der Waals surface area contributed by atoms with E-state index < -0.39 is 83.7 Å². The minimum absolute atomic E-state index is 0.0213. The molecule has 7 atom stereocenters. The summed E-state index contributed by atoms with van der Waals surface area (Å²) < 4.78 is 0. The van der Waals surface area contributed by atoms with E-state index in [0.717, 1.165) is 0 Å². The monoisotopic (exact) mass is 721 g/mol. The summed E-state index contributed by atoms with van der Waals surface area (Å²) in [5.74, 6) is -4.91. The van der Waals surface area contributed by atoms with Crippen LogP contribution in [-0.4, -0.2) is 123 Å². The van der Waals surface area contributed by atoms with Gasteiger partial charge < -0.3 is 58.8 Å². The van der Waals surface area contributed by atoms with Gasteiger partial charge in [0.25, 0.3) is 0 Å². The van der Waals surface area contributed by atoms with Crippen LogP contribution in [-0.2, 0) is 40.0 Å². The van der Waals surface area contributed by atoms with Crippen LogP contribution in [0.4, 0.5) is 0 Å². The number of rotatable bonds is 22. The summed E-state index contributed by atoms with van der Waals surface area (Å²) in [5, 5.41) is 22.4. The number of carboxylic acid groups (broad SMARTS) is 1. The quantitative estimate of drug-likeness (QED) is 0.0539. The molecule has 1 aromatic rings. The maximum atomic E-state index is 13.5. The molecule has 0 bridgehead atoms. The lowest BCUT2D eigenvalue weighted by molar-refractivity contribution is -0.143. The molecule has 0 spiro atoms. The predicted molar refractivity (Wildman–Crippen MR) is 185 cm³/mol. The summed E-state index contributed by atoms with van der Waals surface area (Å²) in [6, 6.07) is -7.34. The van der Waals surface area contributed by atoms with E-state index in [1.807, 2.05) is 0 Å². The van der Waals surface area contributed by atoms with E-state index in [2.05, 4.69) is 36.6 Å². The molecule has 19 nitrogen and oxygen atoms in total. The normalized spacial score (nSPS) is 17.6. The standard InChI is InChI=1S/C32H55N11O8/c1-18(35)26(44)42-24(15-21-16-36-17-37-21)29(47)40-22(9-4-6-12-33)28(46)39-20(3)31(49)43-14-8-11-25(43)30(48)38-19(2)27(45)41-23(32(50)51)10-5-7-13-34/h16-20,22-25H,4-15,33-35H2,1-3H3,(H,36,37)(H,38,48)(H,39,46)(H,40,47)(H,41,45)(H,42,44)(H,50,51)/t18-,19-,20-,22-,23-,24-,25-/m0/s1. The number of aromatic nitrogens is 2. The molecule has 51 heavy (non-hydrogen) atoms. The number of hydrogen-bond donors (Lipinski definition) is 10. The summed E-state index contributed by atoms with van der Waals surface area (Å²) in [6.07, 6.45) is 6.34. The van der Waals surface area contributed by atoms with Crippen molar-refractivity contribution < 1.29 is 38.7 Å². The van der Waals surface area contributed by atoms with Gasteiger partial charge in [0.2, 0.25) is 35.4 Å². The van der Waals surface area contributed by atoms with Crippen LogP contribution in [0.2, 0.25) is 0 Å². The molecule has 0 radical (unpaired) electrons. The van der Waals surface area contributed by atoms with Crippen molar-refractivity contribution in [1.29, 1.82) is 0 Å². The average molecular weight is 722 g/mol. The van der Waals surface area contributed by atoms with Gasteiger partial charge in [-0.3, -0.25) is 28.8 Å². The summed E-state index contributed by atoms with van der Waals surface area (Å²) in [5.41, 5.74) is 17.3. The van der Waals surface area contributed by atoms with Gasteiger partial charge in [0, 0.05) is 19.2 Å². The summed E-state index contributed by atoms with van der Waals surface area (Å²) >= 11 is 0. The van der Waals surface area contributed by atoms with E-state index >= 15 is 0 Å². The van der Waals surface area contributed by atoms with Gasteiger partial charge in [-0.25, -0.2) is 9.78 Å². The molecule has 1 saturated heterocycles. The average Bonchev–Trinajstić information content (AvgIpc) is 3.79. The fourth-order valence-corrected chi connectivity index (χ4v) is 5.51. The molecular formula is C32H55N11O8. The van der Waals surface area contributed by atoms with E-state index in [1.54, 1.807) is 6.20 Å². The van der Waals surface area contributed by atoms with E-state index in [0.29, 0.717) is 57.3 Å². The summed E-state index contributed by atoms with van der Waals surface area (Å²) in [7, 11) is 0. The summed E-state index contributed by atoms with van der Waals surface area (Å²) in [4.78, 5) is 98.6. The highest BCUT2D eigenvalue weighted by Crippen LogP contribution is 2.19. The lowest BCUT2D eigenvalue weighted by atomic mass is 10.1. The summed E-state index contributed by atoms with van der Waals surface area (Å²) in [6.45, 7) is 5.32. The zero-order chi connectivity index (χ0) is 38.1. The third-order valence-corrected chi connectivity index (χ3v) is 8.48. The van der Waals surface area contributed by atoms with Gasteiger partial charge in [0.15, 0.2) is 0 Å². The Labute approximate surface area is 297 Å².